The van der Waals surface area contributed by atoms with Gasteiger partial charge in [-0.15, -0.1) is 11.8 Å². The van der Waals surface area contributed by atoms with Gasteiger partial charge in [-0.25, -0.2) is 4.90 Å². The fraction of sp³-hybridized carbons (Fsp3) is 0.333. The van der Waals surface area contributed by atoms with Gasteiger partial charge in [-0.2, -0.15) is 26.3 Å². The first-order valence-electron chi connectivity index (χ1n) is 16.4. The number of anilines is 2. The number of ether oxygens (including phenoxy) is 2. The fourth-order valence-electron chi connectivity index (χ4n) is 8.65. The van der Waals surface area contributed by atoms with E-state index in [0.29, 0.717) is 21.9 Å². The number of fused-ring (bicyclic) bond motifs is 9. The van der Waals surface area contributed by atoms with E-state index in [0.717, 1.165) is 40.5 Å². The van der Waals surface area contributed by atoms with E-state index in [1.807, 2.05) is 0 Å². The van der Waals surface area contributed by atoms with Crippen LogP contribution in [0.1, 0.15) is 33.9 Å². The number of amides is 3. The van der Waals surface area contributed by atoms with Gasteiger partial charge in [0.05, 0.1) is 40.8 Å². The summed E-state index contributed by atoms with van der Waals surface area (Å²) in [6, 6.07) is 13.7. The summed E-state index contributed by atoms with van der Waals surface area (Å²) in [6.07, 6.45) is -8.86. The molecule has 4 aromatic rings. The number of H-pyrrole nitrogens is 1. The third-order valence-electron chi connectivity index (χ3n) is 10.6. The van der Waals surface area contributed by atoms with Crippen molar-refractivity contribution in [2.75, 3.05) is 23.9 Å². The lowest BCUT2D eigenvalue weighted by molar-refractivity contribution is -0.138. The molecule has 0 radical (unpaired) electrons. The molecule has 3 amide bonds. The zero-order valence-corrected chi connectivity index (χ0v) is 28.9. The van der Waals surface area contributed by atoms with Crippen LogP contribution in [-0.2, 0) is 26.7 Å². The van der Waals surface area contributed by atoms with Crippen molar-refractivity contribution in [3.8, 4) is 11.5 Å². The summed E-state index contributed by atoms with van der Waals surface area (Å²) >= 11 is 2.44. The summed E-state index contributed by atoms with van der Waals surface area (Å²) < 4.78 is 92.6. The standard InChI is InChI=1S/C36H27F6N3O6S2/c1-50-23-11-15(9-10-22(23)51-14-24(46)43-17-6-4-5-16(12-17)35(37,38)39)25-26-18-13-19(29(26)52-31-30(25)53-34(49)44-31)28-27(18)32(47)45(33(28)48)21-8-3-2-7-20(21)36(40,41)42/h2-12,18-19,25-29H,13-14H2,1H3,(H,43,46)(H,44,49)/t18-,19-,25-,26?,27?,28?,29?/m1/s1. The summed E-state index contributed by atoms with van der Waals surface area (Å²) in [4.78, 5) is 57.3. The van der Waals surface area contributed by atoms with Gasteiger partial charge >= 0.3 is 17.2 Å². The van der Waals surface area contributed by atoms with E-state index in [9.17, 15) is 45.5 Å². The molecule has 2 saturated carbocycles. The van der Waals surface area contributed by atoms with Gasteiger partial charge in [0.25, 0.3) is 5.91 Å². The van der Waals surface area contributed by atoms with Crippen LogP contribution in [0, 0.1) is 29.6 Å². The van der Waals surface area contributed by atoms with E-state index in [1.54, 1.807) is 18.2 Å². The van der Waals surface area contributed by atoms with E-state index in [4.69, 9.17) is 9.47 Å². The Kier molecular flexibility index (Phi) is 8.44. The number of alkyl halides is 6. The van der Waals surface area contributed by atoms with E-state index in [1.165, 1.54) is 43.1 Å². The number of halogens is 6. The maximum atomic E-state index is 14.0. The number of hydrogen-bond acceptors (Lipinski definition) is 8. The van der Waals surface area contributed by atoms with Crippen molar-refractivity contribution in [3.05, 3.63) is 98.0 Å². The van der Waals surface area contributed by atoms with Gasteiger partial charge in [-0.05, 0) is 72.2 Å². The predicted molar refractivity (Wildman–Crippen MR) is 181 cm³/mol. The smallest absolute Gasteiger partial charge is 0.418 e. The van der Waals surface area contributed by atoms with Crippen LogP contribution in [0.2, 0.25) is 0 Å². The molecule has 7 atom stereocenters. The molecule has 4 aliphatic rings. The Balaban J connectivity index is 1.08. The molecule has 3 aromatic carbocycles. The van der Waals surface area contributed by atoms with Crippen molar-refractivity contribution in [2.45, 2.75) is 35.0 Å². The lowest BCUT2D eigenvalue weighted by atomic mass is 9.68. The van der Waals surface area contributed by atoms with Crippen LogP contribution < -0.4 is 24.6 Å². The fourth-order valence-corrected chi connectivity index (χ4v) is 11.5. The minimum atomic E-state index is -4.79. The monoisotopic (exact) mass is 775 g/mol. The average Bonchev–Trinajstić information content (AvgIpc) is 3.85. The summed E-state index contributed by atoms with van der Waals surface area (Å²) in [5.41, 5.74) is -1.85. The number of thiazole rings is 1. The molecule has 2 aliphatic heterocycles. The van der Waals surface area contributed by atoms with Crippen LogP contribution in [0.5, 0.6) is 11.5 Å². The first kappa shape index (κ1) is 35.3. The first-order chi connectivity index (χ1) is 25.2. The van der Waals surface area contributed by atoms with Crippen molar-refractivity contribution in [2.24, 2.45) is 29.6 Å². The van der Waals surface area contributed by atoms with Gasteiger partial charge in [0.2, 0.25) is 11.8 Å². The molecule has 276 valence electrons. The molecule has 53 heavy (non-hydrogen) atoms. The Labute approximate surface area is 304 Å². The van der Waals surface area contributed by atoms with Gasteiger partial charge in [-0.1, -0.05) is 35.6 Å². The van der Waals surface area contributed by atoms with Crippen molar-refractivity contribution in [3.63, 3.8) is 0 Å². The van der Waals surface area contributed by atoms with Crippen LogP contribution in [0.4, 0.5) is 37.7 Å². The quantitative estimate of drug-likeness (QED) is 0.151. The number of hydrogen-bond donors (Lipinski definition) is 2. The van der Waals surface area contributed by atoms with Crippen LogP contribution in [0.15, 0.2) is 76.6 Å². The minimum absolute atomic E-state index is 0.0648. The molecular formula is C36H27F6N3O6S2. The zero-order chi connectivity index (χ0) is 37.6. The van der Waals surface area contributed by atoms with Crippen molar-refractivity contribution in [1.82, 2.24) is 4.98 Å². The molecule has 8 rings (SSSR count). The van der Waals surface area contributed by atoms with Gasteiger partial charge in [0.15, 0.2) is 18.1 Å². The van der Waals surface area contributed by atoms with E-state index < -0.39 is 71.2 Å². The number of aromatic nitrogens is 1. The highest BCUT2D eigenvalue weighted by molar-refractivity contribution is 8.00. The number of nitrogens with one attached hydrogen (secondary N) is 2. The molecule has 2 N–H and O–H groups in total. The average molecular weight is 776 g/mol. The van der Waals surface area contributed by atoms with Gasteiger partial charge in [0.1, 0.15) is 0 Å². The predicted octanol–water partition coefficient (Wildman–Crippen LogP) is 7.18. The molecule has 2 bridgehead atoms. The Bertz CT molecular complexity index is 2220. The number of para-hydroxylation sites is 1. The molecule has 2 aliphatic carbocycles. The number of nitrogens with zero attached hydrogens (tertiary/aromatic N) is 1. The lowest BCUT2D eigenvalue weighted by Gasteiger charge is -2.43. The number of thioether (sulfide) groups is 1. The Morgan fingerprint density at radius 2 is 1.64 bits per heavy atom. The Hall–Kier alpha value is -4.77. The molecule has 3 heterocycles. The second-order valence-corrected chi connectivity index (χ2v) is 15.5. The number of rotatable bonds is 7. The molecule has 3 fully saturated rings. The zero-order valence-electron chi connectivity index (χ0n) is 27.3. The van der Waals surface area contributed by atoms with Crippen LogP contribution in [-0.4, -0.2) is 41.7 Å². The van der Waals surface area contributed by atoms with E-state index >= 15 is 0 Å². The summed E-state index contributed by atoms with van der Waals surface area (Å²) in [5, 5.41) is 2.76. The van der Waals surface area contributed by atoms with E-state index in [-0.39, 0.29) is 45.1 Å². The highest BCUT2D eigenvalue weighted by Gasteiger charge is 2.70. The summed E-state index contributed by atoms with van der Waals surface area (Å²) in [6.45, 7) is -0.558. The molecule has 0 spiro atoms. The SMILES string of the molecule is COc1cc([C@H]2c3sc(=O)[nH]c3SC3C2[C@H]2C[C@@H]3C3C(=O)N(c4ccccc4C(F)(F)F)C(=O)C32)ccc1OCC(=O)Nc1cccc(C(F)(F)F)c1. The molecular weight excluding hydrogens is 749 g/mol. The normalized spacial score (nSPS) is 25.9. The number of methoxy groups -OCH3 is 1. The first-order valence-corrected chi connectivity index (χ1v) is 18.1. The lowest BCUT2D eigenvalue weighted by Crippen LogP contribution is -2.42. The number of imide groups is 1. The number of aromatic amines is 1. The van der Waals surface area contributed by atoms with Crippen LogP contribution >= 0.6 is 23.1 Å². The highest BCUT2D eigenvalue weighted by Crippen LogP contribution is 2.69. The van der Waals surface area contributed by atoms with Crippen molar-refractivity contribution in [1.29, 1.82) is 0 Å². The maximum absolute atomic E-state index is 14.0. The van der Waals surface area contributed by atoms with Crippen molar-refractivity contribution < 1.29 is 50.2 Å². The molecule has 4 unspecified atom stereocenters. The third kappa shape index (κ3) is 5.88. The van der Waals surface area contributed by atoms with Gasteiger partial charge in [0, 0.05) is 21.7 Å². The topological polar surface area (TPSA) is 118 Å². The minimum Gasteiger partial charge on any atom is -0.493 e. The maximum Gasteiger partial charge on any atom is 0.418 e. The second-order valence-electron chi connectivity index (χ2n) is 13.3. The second kappa shape index (κ2) is 12.7. The summed E-state index contributed by atoms with van der Waals surface area (Å²) in [7, 11) is 1.38. The number of carbonyl (C=O) groups excluding carboxylic acids is 3. The van der Waals surface area contributed by atoms with Crippen LogP contribution in [0.3, 0.4) is 0 Å². The van der Waals surface area contributed by atoms with Crippen molar-refractivity contribution >= 4 is 52.2 Å². The Morgan fingerprint density at radius 1 is 0.906 bits per heavy atom. The van der Waals surface area contributed by atoms with Gasteiger partial charge < -0.3 is 19.8 Å². The molecule has 1 aromatic heterocycles. The van der Waals surface area contributed by atoms with Crippen LogP contribution in [0.25, 0.3) is 0 Å². The Morgan fingerprint density at radius 3 is 2.36 bits per heavy atom. The van der Waals surface area contributed by atoms with Gasteiger partial charge in [-0.3, -0.25) is 19.2 Å². The third-order valence-corrected chi connectivity index (χ3v) is 13.1. The molecule has 1 saturated heterocycles. The molecule has 9 nitrogen and oxygen atoms in total. The summed E-state index contributed by atoms with van der Waals surface area (Å²) in [5.74, 6) is -4.73. The number of benzene rings is 3. The number of carbonyl (C=O) groups is 3. The van der Waals surface area contributed by atoms with E-state index in [2.05, 4.69) is 10.3 Å². The highest BCUT2D eigenvalue weighted by atomic mass is 32.2. The molecule has 17 heteroatoms. The largest absolute Gasteiger partial charge is 0.493 e.